The van der Waals surface area contributed by atoms with E-state index in [1.54, 1.807) is 38.3 Å². The molecule has 0 saturated heterocycles. The molecular weight excluding hydrogens is 332 g/mol. The number of aromatic hydroxyl groups is 1. The fourth-order valence-electron chi connectivity index (χ4n) is 2.65. The van der Waals surface area contributed by atoms with E-state index >= 15 is 0 Å². The van der Waals surface area contributed by atoms with E-state index in [0.717, 1.165) is 5.56 Å². The van der Waals surface area contributed by atoms with Gasteiger partial charge in [0.05, 0.1) is 18.0 Å². The molecule has 1 N–H and O–H groups in total. The smallest absolute Gasteiger partial charge is 0.352 e. The topological polar surface area (TPSA) is 73.6 Å². The van der Waals surface area contributed by atoms with Crippen LogP contribution >= 0.6 is 0 Å². The zero-order chi connectivity index (χ0) is 18.5. The molecule has 0 radical (unpaired) electrons. The summed E-state index contributed by atoms with van der Waals surface area (Å²) in [5, 5.41) is 9.76. The molecular formula is C20H20N2O4. The Balaban J connectivity index is 2.06. The average Bonchev–Trinajstić information content (AvgIpc) is 2.64. The summed E-state index contributed by atoms with van der Waals surface area (Å²) in [4.78, 5) is 16.3. The molecule has 1 aromatic heterocycles. The Morgan fingerprint density at radius 2 is 1.96 bits per heavy atom. The van der Waals surface area contributed by atoms with Gasteiger partial charge in [-0.3, -0.25) is 4.57 Å². The van der Waals surface area contributed by atoms with Crippen LogP contribution in [0, 0.1) is 6.92 Å². The molecule has 0 bridgehead atoms. The highest BCUT2D eigenvalue weighted by Gasteiger charge is 2.11. The van der Waals surface area contributed by atoms with E-state index in [2.05, 4.69) is 4.98 Å². The van der Waals surface area contributed by atoms with Crippen molar-refractivity contribution in [1.82, 2.24) is 9.55 Å². The van der Waals surface area contributed by atoms with Crippen LogP contribution in [0.4, 0.5) is 0 Å². The van der Waals surface area contributed by atoms with Crippen molar-refractivity contribution in [2.24, 2.45) is 0 Å². The van der Waals surface area contributed by atoms with Gasteiger partial charge in [0.2, 0.25) is 0 Å². The van der Waals surface area contributed by atoms with Crippen LogP contribution in [0.2, 0.25) is 0 Å². The number of hydrogen-bond acceptors (Lipinski definition) is 5. The van der Waals surface area contributed by atoms with Gasteiger partial charge in [-0.1, -0.05) is 12.1 Å². The SMILES string of the molecule is COCCOc1cccc(-c2ccnc(=O)n2-c2ccc(O)c(C)c2)c1. The summed E-state index contributed by atoms with van der Waals surface area (Å²) in [6.07, 6.45) is 1.49. The van der Waals surface area contributed by atoms with Crippen LogP contribution in [0.5, 0.6) is 11.5 Å². The molecule has 0 aliphatic heterocycles. The van der Waals surface area contributed by atoms with Crippen molar-refractivity contribution in [1.29, 1.82) is 0 Å². The number of methoxy groups -OCH3 is 1. The number of aromatic nitrogens is 2. The van der Waals surface area contributed by atoms with Crippen molar-refractivity contribution in [3.8, 4) is 28.4 Å². The maximum Gasteiger partial charge on any atom is 0.352 e. The first kappa shape index (κ1) is 17.7. The maximum absolute atomic E-state index is 12.4. The van der Waals surface area contributed by atoms with E-state index in [1.807, 2.05) is 24.3 Å². The van der Waals surface area contributed by atoms with Crippen LogP contribution < -0.4 is 10.4 Å². The van der Waals surface area contributed by atoms with Crippen LogP contribution in [0.25, 0.3) is 16.9 Å². The molecule has 0 amide bonds. The number of phenols is 1. The second-order valence-electron chi connectivity index (χ2n) is 5.79. The quantitative estimate of drug-likeness (QED) is 0.691. The molecule has 2 aromatic carbocycles. The lowest BCUT2D eigenvalue weighted by molar-refractivity contribution is 0.146. The van der Waals surface area contributed by atoms with Crippen molar-refractivity contribution >= 4 is 0 Å². The number of benzene rings is 2. The highest BCUT2D eigenvalue weighted by atomic mass is 16.5. The standard InChI is InChI=1S/C20H20N2O4/c1-14-12-16(6-7-19(14)23)22-18(8-9-21-20(22)24)15-4-3-5-17(13-15)26-11-10-25-2/h3-9,12-13,23H,10-11H2,1-2H3. The lowest BCUT2D eigenvalue weighted by atomic mass is 10.1. The van der Waals surface area contributed by atoms with Gasteiger partial charge in [0.1, 0.15) is 18.1 Å². The fraction of sp³-hybridized carbons (Fsp3) is 0.200. The van der Waals surface area contributed by atoms with E-state index in [-0.39, 0.29) is 5.75 Å². The van der Waals surface area contributed by atoms with E-state index in [1.165, 1.54) is 10.8 Å². The third kappa shape index (κ3) is 3.75. The lowest BCUT2D eigenvalue weighted by Crippen LogP contribution is -2.22. The molecule has 0 fully saturated rings. The summed E-state index contributed by atoms with van der Waals surface area (Å²) >= 11 is 0. The second-order valence-corrected chi connectivity index (χ2v) is 5.79. The molecule has 0 spiro atoms. The summed E-state index contributed by atoms with van der Waals surface area (Å²) in [6, 6.07) is 14.3. The Labute approximate surface area is 151 Å². The summed E-state index contributed by atoms with van der Waals surface area (Å²) in [5.74, 6) is 0.873. The zero-order valence-corrected chi connectivity index (χ0v) is 14.7. The Hall–Kier alpha value is -3.12. The van der Waals surface area contributed by atoms with Crippen LogP contribution in [0.15, 0.2) is 59.5 Å². The van der Waals surface area contributed by atoms with Gasteiger partial charge < -0.3 is 14.6 Å². The molecule has 26 heavy (non-hydrogen) atoms. The normalized spacial score (nSPS) is 10.7. The highest BCUT2D eigenvalue weighted by Crippen LogP contribution is 2.26. The van der Waals surface area contributed by atoms with Gasteiger partial charge in [-0.2, -0.15) is 0 Å². The van der Waals surface area contributed by atoms with Crippen molar-refractivity contribution in [3.05, 3.63) is 70.8 Å². The van der Waals surface area contributed by atoms with Gasteiger partial charge >= 0.3 is 5.69 Å². The van der Waals surface area contributed by atoms with Gasteiger partial charge in [-0.15, -0.1) is 0 Å². The lowest BCUT2D eigenvalue weighted by Gasteiger charge is -2.14. The summed E-state index contributed by atoms with van der Waals surface area (Å²) in [5.41, 5.74) is 2.44. The molecule has 1 heterocycles. The van der Waals surface area contributed by atoms with Gasteiger partial charge in [0.25, 0.3) is 0 Å². The second kappa shape index (κ2) is 7.84. The zero-order valence-electron chi connectivity index (χ0n) is 14.7. The Morgan fingerprint density at radius 1 is 1.12 bits per heavy atom. The highest BCUT2D eigenvalue weighted by molar-refractivity contribution is 5.64. The minimum absolute atomic E-state index is 0.181. The molecule has 0 unspecified atom stereocenters. The molecule has 0 atom stereocenters. The first-order chi connectivity index (χ1) is 12.6. The Kier molecular flexibility index (Phi) is 5.34. The number of ether oxygens (including phenoxy) is 2. The Bertz CT molecular complexity index is 966. The predicted molar refractivity (Wildman–Crippen MR) is 99.0 cm³/mol. The largest absolute Gasteiger partial charge is 0.508 e. The molecule has 3 aromatic rings. The summed E-state index contributed by atoms with van der Waals surface area (Å²) in [7, 11) is 1.62. The molecule has 6 heteroatoms. The summed E-state index contributed by atoms with van der Waals surface area (Å²) in [6.45, 7) is 2.72. The molecule has 3 rings (SSSR count). The van der Waals surface area contributed by atoms with E-state index < -0.39 is 5.69 Å². The van der Waals surface area contributed by atoms with E-state index in [4.69, 9.17) is 9.47 Å². The molecule has 0 aliphatic carbocycles. The fourth-order valence-corrected chi connectivity index (χ4v) is 2.65. The molecule has 0 saturated carbocycles. The minimum atomic E-state index is -0.390. The minimum Gasteiger partial charge on any atom is -0.508 e. The molecule has 0 aliphatic rings. The van der Waals surface area contributed by atoms with Gasteiger partial charge in [-0.05, 0) is 48.9 Å². The van der Waals surface area contributed by atoms with Crippen LogP contribution in [-0.2, 0) is 4.74 Å². The molecule has 6 nitrogen and oxygen atoms in total. The number of aryl methyl sites for hydroxylation is 1. The number of hydrogen-bond donors (Lipinski definition) is 1. The van der Waals surface area contributed by atoms with Crippen LogP contribution in [0.3, 0.4) is 0 Å². The predicted octanol–water partition coefficient (Wildman–Crippen LogP) is 2.94. The third-order valence-electron chi connectivity index (χ3n) is 3.97. The first-order valence-electron chi connectivity index (χ1n) is 8.20. The molecule has 134 valence electrons. The maximum atomic E-state index is 12.4. The van der Waals surface area contributed by atoms with Gasteiger partial charge in [-0.25, -0.2) is 9.78 Å². The van der Waals surface area contributed by atoms with Crippen LogP contribution in [-0.4, -0.2) is 35.0 Å². The first-order valence-corrected chi connectivity index (χ1v) is 8.20. The number of nitrogens with zero attached hydrogens (tertiary/aromatic N) is 2. The van der Waals surface area contributed by atoms with Crippen molar-refractivity contribution < 1.29 is 14.6 Å². The van der Waals surface area contributed by atoms with Crippen molar-refractivity contribution in [2.75, 3.05) is 20.3 Å². The Morgan fingerprint density at radius 3 is 2.73 bits per heavy atom. The number of rotatable bonds is 6. The van der Waals surface area contributed by atoms with Gasteiger partial charge in [0.15, 0.2) is 0 Å². The number of phenolic OH excluding ortho intramolecular Hbond substituents is 1. The monoisotopic (exact) mass is 352 g/mol. The van der Waals surface area contributed by atoms with E-state index in [9.17, 15) is 9.90 Å². The average molecular weight is 352 g/mol. The van der Waals surface area contributed by atoms with Crippen molar-refractivity contribution in [3.63, 3.8) is 0 Å². The van der Waals surface area contributed by atoms with Gasteiger partial charge in [0, 0.05) is 18.9 Å². The third-order valence-corrected chi connectivity index (χ3v) is 3.97. The summed E-state index contributed by atoms with van der Waals surface area (Å²) < 4.78 is 12.2. The van der Waals surface area contributed by atoms with E-state index in [0.29, 0.717) is 35.9 Å². The van der Waals surface area contributed by atoms with Crippen molar-refractivity contribution in [2.45, 2.75) is 6.92 Å². The van der Waals surface area contributed by atoms with Crippen LogP contribution in [0.1, 0.15) is 5.56 Å².